The Morgan fingerprint density at radius 2 is 1.59 bits per heavy atom. The molecule has 1 aromatic carbocycles. The first-order valence-electron chi connectivity index (χ1n) is 9.49. The number of hydrogen-bond acceptors (Lipinski definition) is 6. The number of piperazine rings is 1. The van der Waals surface area contributed by atoms with Gasteiger partial charge in [0.1, 0.15) is 0 Å². The van der Waals surface area contributed by atoms with Crippen LogP contribution in [0.3, 0.4) is 0 Å². The van der Waals surface area contributed by atoms with E-state index >= 15 is 0 Å². The first-order chi connectivity index (χ1) is 12.9. The monoisotopic (exact) mass is 389 g/mol. The molecule has 1 aliphatic heterocycles. The van der Waals surface area contributed by atoms with E-state index in [9.17, 15) is 0 Å². The summed E-state index contributed by atoms with van der Waals surface area (Å²) in [5, 5.41) is 3.45. The highest BCUT2D eigenvalue weighted by Crippen LogP contribution is 2.28. The molecule has 3 rings (SSSR count). The van der Waals surface area contributed by atoms with Crippen LogP contribution in [0.15, 0.2) is 23.6 Å². The molecule has 0 spiro atoms. The van der Waals surface area contributed by atoms with E-state index in [0.717, 1.165) is 50.8 Å². The lowest BCUT2D eigenvalue weighted by Gasteiger charge is -2.34. The number of aromatic nitrogens is 1. The lowest BCUT2D eigenvalue weighted by Crippen LogP contribution is -2.45. The average molecular weight is 390 g/mol. The molecule has 27 heavy (non-hydrogen) atoms. The molecule has 0 bridgehead atoms. The van der Waals surface area contributed by atoms with Crippen molar-refractivity contribution in [1.82, 2.24) is 14.8 Å². The lowest BCUT2D eigenvalue weighted by atomic mass is 9.98. The van der Waals surface area contributed by atoms with Crippen LogP contribution in [0, 0.1) is 0 Å². The molecule has 0 unspecified atom stereocenters. The summed E-state index contributed by atoms with van der Waals surface area (Å²) in [7, 11) is 3.35. The highest BCUT2D eigenvalue weighted by atomic mass is 32.1. The van der Waals surface area contributed by atoms with Crippen LogP contribution in [0.4, 0.5) is 0 Å². The molecular formula is C21H31N3O2S. The first-order valence-corrected chi connectivity index (χ1v) is 10.4. The summed E-state index contributed by atoms with van der Waals surface area (Å²) in [6.07, 6.45) is 0. The molecule has 6 heteroatoms. The summed E-state index contributed by atoms with van der Waals surface area (Å²) >= 11 is 1.78. The quantitative estimate of drug-likeness (QED) is 0.752. The maximum absolute atomic E-state index is 5.42. The van der Waals surface area contributed by atoms with Crippen molar-refractivity contribution in [2.24, 2.45) is 0 Å². The molecule has 0 atom stereocenters. The van der Waals surface area contributed by atoms with Gasteiger partial charge in [0.25, 0.3) is 0 Å². The Morgan fingerprint density at radius 3 is 2.15 bits per heavy atom. The second kappa shape index (κ2) is 8.59. The minimum absolute atomic E-state index is 0.140. The molecule has 148 valence electrons. The maximum Gasteiger partial charge on any atom is 0.161 e. The summed E-state index contributed by atoms with van der Waals surface area (Å²) < 4.78 is 10.7. The van der Waals surface area contributed by atoms with Crippen molar-refractivity contribution in [3.05, 3.63) is 39.8 Å². The summed E-state index contributed by atoms with van der Waals surface area (Å²) in [6, 6.07) is 6.19. The van der Waals surface area contributed by atoms with Crippen LogP contribution in [0.1, 0.15) is 37.0 Å². The van der Waals surface area contributed by atoms with Crippen molar-refractivity contribution in [2.45, 2.75) is 39.3 Å². The molecule has 0 saturated carbocycles. The van der Waals surface area contributed by atoms with Crippen LogP contribution in [-0.2, 0) is 18.5 Å². The van der Waals surface area contributed by atoms with Gasteiger partial charge in [-0.2, -0.15) is 0 Å². The molecule has 0 aliphatic carbocycles. The lowest BCUT2D eigenvalue weighted by molar-refractivity contribution is 0.121. The molecule has 2 heterocycles. The van der Waals surface area contributed by atoms with Gasteiger partial charge in [-0.05, 0) is 17.7 Å². The predicted octanol–water partition coefficient (Wildman–Crippen LogP) is 3.78. The van der Waals surface area contributed by atoms with E-state index in [0.29, 0.717) is 0 Å². The number of rotatable bonds is 6. The van der Waals surface area contributed by atoms with Crippen LogP contribution in [0.25, 0.3) is 0 Å². The molecule has 0 amide bonds. The molecule has 1 aromatic heterocycles. The van der Waals surface area contributed by atoms with Crippen molar-refractivity contribution in [3.63, 3.8) is 0 Å². The maximum atomic E-state index is 5.42. The fourth-order valence-electron chi connectivity index (χ4n) is 3.30. The predicted molar refractivity (Wildman–Crippen MR) is 111 cm³/mol. The van der Waals surface area contributed by atoms with E-state index in [4.69, 9.17) is 14.5 Å². The molecule has 0 N–H and O–H groups in total. The smallest absolute Gasteiger partial charge is 0.161 e. The Balaban J connectivity index is 1.51. The Labute approximate surface area is 166 Å². The third-order valence-corrected chi connectivity index (χ3v) is 6.21. The number of thiazole rings is 1. The van der Waals surface area contributed by atoms with Crippen LogP contribution < -0.4 is 9.47 Å². The summed E-state index contributed by atoms with van der Waals surface area (Å²) in [5.41, 5.74) is 2.61. The highest BCUT2D eigenvalue weighted by molar-refractivity contribution is 7.09. The first kappa shape index (κ1) is 20.1. The molecule has 1 aliphatic rings. The van der Waals surface area contributed by atoms with Crippen molar-refractivity contribution in [3.8, 4) is 11.5 Å². The normalized spacial score (nSPS) is 16.5. The molecule has 2 aromatic rings. The van der Waals surface area contributed by atoms with Crippen LogP contribution in [0.5, 0.6) is 11.5 Å². The summed E-state index contributed by atoms with van der Waals surface area (Å²) in [5.74, 6) is 1.58. The Hall–Kier alpha value is -1.63. The van der Waals surface area contributed by atoms with E-state index < -0.39 is 0 Å². The van der Waals surface area contributed by atoms with Crippen molar-refractivity contribution < 1.29 is 9.47 Å². The molecule has 0 radical (unpaired) electrons. The van der Waals surface area contributed by atoms with E-state index in [2.05, 4.69) is 48.1 Å². The zero-order valence-corrected chi connectivity index (χ0v) is 17.9. The van der Waals surface area contributed by atoms with Gasteiger partial charge in [-0.3, -0.25) is 9.80 Å². The zero-order chi connectivity index (χ0) is 19.4. The van der Waals surface area contributed by atoms with Gasteiger partial charge >= 0.3 is 0 Å². The second-order valence-corrected chi connectivity index (χ2v) is 8.99. The molecule has 1 saturated heterocycles. The molecule has 1 fully saturated rings. The van der Waals surface area contributed by atoms with Gasteiger partial charge in [0.05, 0.1) is 24.9 Å². The van der Waals surface area contributed by atoms with Gasteiger partial charge in [0.15, 0.2) is 11.5 Å². The van der Waals surface area contributed by atoms with Gasteiger partial charge in [0, 0.05) is 50.1 Å². The standard InChI is InChI=1S/C21H31N3O2S/c1-21(2,3)20-22-17(15-27-20)14-24-10-8-23(9-11-24)13-16-6-7-18(25-4)19(12-16)26-5/h6-7,12,15H,8-11,13-14H2,1-5H3. The number of hydrogen-bond donors (Lipinski definition) is 0. The number of methoxy groups -OCH3 is 2. The number of benzene rings is 1. The third-order valence-electron chi connectivity index (χ3n) is 4.90. The fraction of sp³-hybridized carbons (Fsp3) is 0.571. The largest absolute Gasteiger partial charge is 0.493 e. The topological polar surface area (TPSA) is 37.8 Å². The zero-order valence-electron chi connectivity index (χ0n) is 17.1. The van der Waals surface area contributed by atoms with Crippen LogP contribution >= 0.6 is 11.3 Å². The average Bonchev–Trinajstić information content (AvgIpc) is 3.12. The van der Waals surface area contributed by atoms with Crippen molar-refractivity contribution in [2.75, 3.05) is 40.4 Å². The highest BCUT2D eigenvalue weighted by Gasteiger charge is 2.21. The van der Waals surface area contributed by atoms with Crippen LogP contribution in [0.2, 0.25) is 0 Å². The second-order valence-electron chi connectivity index (χ2n) is 8.14. The third kappa shape index (κ3) is 5.21. The van der Waals surface area contributed by atoms with Gasteiger partial charge in [-0.25, -0.2) is 4.98 Å². The number of ether oxygens (including phenoxy) is 2. The van der Waals surface area contributed by atoms with Gasteiger partial charge in [-0.15, -0.1) is 11.3 Å². The van der Waals surface area contributed by atoms with Gasteiger partial charge in [-0.1, -0.05) is 26.8 Å². The minimum atomic E-state index is 0.140. The van der Waals surface area contributed by atoms with Crippen molar-refractivity contribution >= 4 is 11.3 Å². The van der Waals surface area contributed by atoms with E-state index in [1.807, 2.05) is 6.07 Å². The summed E-state index contributed by atoms with van der Waals surface area (Å²) in [4.78, 5) is 9.84. The van der Waals surface area contributed by atoms with E-state index in [-0.39, 0.29) is 5.41 Å². The van der Waals surface area contributed by atoms with Crippen molar-refractivity contribution in [1.29, 1.82) is 0 Å². The molecular weight excluding hydrogens is 358 g/mol. The van der Waals surface area contributed by atoms with E-state index in [1.165, 1.54) is 16.3 Å². The molecule has 5 nitrogen and oxygen atoms in total. The van der Waals surface area contributed by atoms with Gasteiger partial charge < -0.3 is 9.47 Å². The van der Waals surface area contributed by atoms with Gasteiger partial charge in [0.2, 0.25) is 0 Å². The Morgan fingerprint density at radius 1 is 0.963 bits per heavy atom. The SMILES string of the molecule is COc1ccc(CN2CCN(Cc3csc(C(C)(C)C)n3)CC2)cc1OC. The Kier molecular flexibility index (Phi) is 6.40. The summed E-state index contributed by atoms with van der Waals surface area (Å²) in [6.45, 7) is 12.9. The minimum Gasteiger partial charge on any atom is -0.493 e. The van der Waals surface area contributed by atoms with E-state index in [1.54, 1.807) is 25.6 Å². The fourth-order valence-corrected chi connectivity index (χ4v) is 4.19. The van der Waals surface area contributed by atoms with Crippen LogP contribution in [-0.4, -0.2) is 55.2 Å². The number of nitrogens with zero attached hydrogens (tertiary/aromatic N) is 3. The Bertz CT molecular complexity index is 746.